The zero-order chi connectivity index (χ0) is 9.42. The van der Waals surface area contributed by atoms with Crippen molar-refractivity contribution in [1.29, 1.82) is 0 Å². The summed E-state index contributed by atoms with van der Waals surface area (Å²) in [6, 6.07) is 7.44. The standard InChI is InChI=1S/C10H10O3/c1-6-7-4-2-3-5-8(7)13-9(6)10(11)12/h2-6,9H,1H3,(H,11,12)/t6-,9+/m0/s1. The van der Waals surface area contributed by atoms with Crippen LogP contribution in [0.3, 0.4) is 0 Å². The molecular formula is C10H10O3. The number of ether oxygens (including phenoxy) is 1. The van der Waals surface area contributed by atoms with Crippen LogP contribution in [0.15, 0.2) is 24.3 Å². The number of para-hydroxylation sites is 1. The highest BCUT2D eigenvalue weighted by Gasteiger charge is 2.35. The van der Waals surface area contributed by atoms with Crippen LogP contribution in [0.25, 0.3) is 0 Å². The van der Waals surface area contributed by atoms with Crippen LogP contribution in [0.1, 0.15) is 18.4 Å². The molecule has 0 unspecified atom stereocenters. The summed E-state index contributed by atoms with van der Waals surface area (Å²) in [5.41, 5.74) is 0.981. The molecule has 0 amide bonds. The van der Waals surface area contributed by atoms with Crippen LogP contribution in [-0.4, -0.2) is 17.2 Å². The second-order valence-corrected chi connectivity index (χ2v) is 3.20. The van der Waals surface area contributed by atoms with Crippen LogP contribution in [-0.2, 0) is 4.79 Å². The van der Waals surface area contributed by atoms with Crippen molar-refractivity contribution in [1.82, 2.24) is 0 Å². The summed E-state index contributed by atoms with van der Waals surface area (Å²) in [4.78, 5) is 10.8. The Hall–Kier alpha value is -1.51. The van der Waals surface area contributed by atoms with Crippen LogP contribution in [0.5, 0.6) is 5.75 Å². The van der Waals surface area contributed by atoms with Crippen LogP contribution >= 0.6 is 0 Å². The maximum absolute atomic E-state index is 10.8. The minimum Gasteiger partial charge on any atom is -0.478 e. The van der Waals surface area contributed by atoms with Crippen molar-refractivity contribution in [3.8, 4) is 5.75 Å². The Labute approximate surface area is 76.0 Å². The van der Waals surface area contributed by atoms with Crippen LogP contribution in [0.2, 0.25) is 0 Å². The maximum Gasteiger partial charge on any atom is 0.345 e. The molecule has 0 radical (unpaired) electrons. The number of fused-ring (bicyclic) bond motifs is 1. The van der Waals surface area contributed by atoms with E-state index in [1.54, 1.807) is 6.07 Å². The average molecular weight is 178 g/mol. The predicted octanol–water partition coefficient (Wildman–Crippen LogP) is 1.64. The summed E-state index contributed by atoms with van der Waals surface area (Å²) >= 11 is 0. The highest BCUT2D eigenvalue weighted by Crippen LogP contribution is 2.37. The maximum atomic E-state index is 10.8. The summed E-state index contributed by atoms with van der Waals surface area (Å²) in [6.07, 6.45) is -0.725. The van der Waals surface area contributed by atoms with Crippen molar-refractivity contribution in [2.75, 3.05) is 0 Å². The molecule has 0 aliphatic carbocycles. The van der Waals surface area contributed by atoms with Gasteiger partial charge in [-0.15, -0.1) is 0 Å². The molecule has 2 atom stereocenters. The second-order valence-electron chi connectivity index (χ2n) is 3.20. The van der Waals surface area contributed by atoms with Crippen molar-refractivity contribution in [2.24, 2.45) is 0 Å². The SMILES string of the molecule is C[C@H]1c2ccccc2O[C@H]1C(=O)O. The topological polar surface area (TPSA) is 46.5 Å². The Morgan fingerprint density at radius 3 is 2.77 bits per heavy atom. The van der Waals surface area contributed by atoms with E-state index in [-0.39, 0.29) is 5.92 Å². The highest BCUT2D eigenvalue weighted by atomic mass is 16.5. The summed E-state index contributed by atoms with van der Waals surface area (Å²) in [5.74, 6) is -0.264. The molecule has 0 bridgehead atoms. The van der Waals surface area contributed by atoms with Gasteiger partial charge in [0.15, 0.2) is 0 Å². The number of carboxylic acids is 1. The lowest BCUT2D eigenvalue weighted by atomic mass is 9.98. The molecule has 1 aliphatic heterocycles. The lowest BCUT2D eigenvalue weighted by molar-refractivity contribution is -0.144. The molecule has 3 nitrogen and oxygen atoms in total. The normalized spacial score (nSPS) is 25.0. The minimum absolute atomic E-state index is 0.0614. The first kappa shape index (κ1) is 8.10. The fourth-order valence-electron chi connectivity index (χ4n) is 1.63. The first-order chi connectivity index (χ1) is 6.20. The Kier molecular flexibility index (Phi) is 1.72. The molecule has 1 aliphatic rings. The van der Waals surface area contributed by atoms with E-state index in [1.807, 2.05) is 25.1 Å². The van der Waals surface area contributed by atoms with Gasteiger partial charge in [-0.2, -0.15) is 0 Å². The monoisotopic (exact) mass is 178 g/mol. The number of carboxylic acid groups (broad SMARTS) is 1. The van der Waals surface area contributed by atoms with E-state index in [0.29, 0.717) is 5.75 Å². The van der Waals surface area contributed by atoms with E-state index in [1.165, 1.54) is 0 Å². The number of aliphatic carboxylic acids is 1. The van der Waals surface area contributed by atoms with Gasteiger partial charge < -0.3 is 9.84 Å². The third-order valence-electron chi connectivity index (χ3n) is 2.36. The Balaban J connectivity index is 2.38. The molecule has 1 heterocycles. The first-order valence-electron chi connectivity index (χ1n) is 4.18. The first-order valence-corrected chi connectivity index (χ1v) is 4.18. The molecule has 0 spiro atoms. The molecule has 68 valence electrons. The lowest BCUT2D eigenvalue weighted by Gasteiger charge is -2.08. The number of rotatable bonds is 1. The van der Waals surface area contributed by atoms with Gasteiger partial charge in [0.05, 0.1) is 0 Å². The molecule has 1 aromatic rings. The molecule has 0 fully saturated rings. The zero-order valence-corrected chi connectivity index (χ0v) is 7.23. The van der Waals surface area contributed by atoms with E-state index < -0.39 is 12.1 Å². The smallest absolute Gasteiger partial charge is 0.345 e. The largest absolute Gasteiger partial charge is 0.478 e. The molecule has 0 saturated carbocycles. The van der Waals surface area contributed by atoms with Gasteiger partial charge >= 0.3 is 5.97 Å². The number of hydrogen-bond acceptors (Lipinski definition) is 2. The van der Waals surface area contributed by atoms with E-state index >= 15 is 0 Å². The molecule has 0 aromatic heterocycles. The van der Waals surface area contributed by atoms with Gasteiger partial charge in [0.2, 0.25) is 6.10 Å². The lowest BCUT2D eigenvalue weighted by Crippen LogP contribution is -2.27. The Morgan fingerprint density at radius 2 is 2.15 bits per heavy atom. The summed E-state index contributed by atoms with van der Waals surface area (Å²) in [7, 11) is 0. The molecule has 1 aromatic carbocycles. The molecule has 3 heteroatoms. The van der Waals surface area contributed by atoms with E-state index in [0.717, 1.165) is 5.56 Å². The van der Waals surface area contributed by atoms with Gasteiger partial charge in [-0.1, -0.05) is 25.1 Å². The van der Waals surface area contributed by atoms with Crippen LogP contribution < -0.4 is 4.74 Å². The third kappa shape index (κ3) is 1.16. The summed E-state index contributed by atoms with van der Waals surface area (Å²) in [5, 5.41) is 8.83. The van der Waals surface area contributed by atoms with Gasteiger partial charge in [0, 0.05) is 11.5 Å². The number of benzene rings is 1. The summed E-state index contributed by atoms with van der Waals surface area (Å²) < 4.78 is 5.28. The molecule has 1 N–H and O–H groups in total. The molecule has 0 saturated heterocycles. The Morgan fingerprint density at radius 1 is 1.46 bits per heavy atom. The van der Waals surface area contributed by atoms with Gasteiger partial charge in [-0.3, -0.25) is 0 Å². The van der Waals surface area contributed by atoms with Crippen LogP contribution in [0.4, 0.5) is 0 Å². The molecular weight excluding hydrogens is 168 g/mol. The van der Waals surface area contributed by atoms with E-state index in [4.69, 9.17) is 9.84 Å². The van der Waals surface area contributed by atoms with Crippen molar-refractivity contribution >= 4 is 5.97 Å². The van der Waals surface area contributed by atoms with Gasteiger partial charge in [-0.25, -0.2) is 4.79 Å². The number of hydrogen-bond donors (Lipinski definition) is 1. The predicted molar refractivity (Wildman–Crippen MR) is 46.9 cm³/mol. The van der Waals surface area contributed by atoms with Crippen molar-refractivity contribution in [3.63, 3.8) is 0 Å². The van der Waals surface area contributed by atoms with Gasteiger partial charge in [0.25, 0.3) is 0 Å². The Bertz CT molecular complexity index is 346. The fraction of sp³-hybridized carbons (Fsp3) is 0.300. The van der Waals surface area contributed by atoms with Crippen LogP contribution in [0, 0.1) is 0 Å². The minimum atomic E-state index is -0.899. The van der Waals surface area contributed by atoms with Gasteiger partial charge in [0.1, 0.15) is 5.75 Å². The third-order valence-corrected chi connectivity index (χ3v) is 2.36. The second kappa shape index (κ2) is 2.76. The van der Waals surface area contributed by atoms with Crippen molar-refractivity contribution < 1.29 is 14.6 Å². The van der Waals surface area contributed by atoms with E-state index in [2.05, 4.69) is 0 Å². The van der Waals surface area contributed by atoms with Crippen molar-refractivity contribution in [3.05, 3.63) is 29.8 Å². The summed E-state index contributed by atoms with van der Waals surface area (Å²) in [6.45, 7) is 1.87. The number of carbonyl (C=O) groups is 1. The fourth-order valence-corrected chi connectivity index (χ4v) is 1.63. The molecule has 2 rings (SSSR count). The molecule has 13 heavy (non-hydrogen) atoms. The highest BCUT2D eigenvalue weighted by molar-refractivity contribution is 5.76. The zero-order valence-electron chi connectivity index (χ0n) is 7.23. The van der Waals surface area contributed by atoms with E-state index in [9.17, 15) is 4.79 Å². The van der Waals surface area contributed by atoms with Crippen molar-refractivity contribution in [2.45, 2.75) is 18.9 Å². The average Bonchev–Trinajstić information content (AvgIpc) is 2.45. The quantitative estimate of drug-likeness (QED) is 0.711. The van der Waals surface area contributed by atoms with Gasteiger partial charge in [-0.05, 0) is 6.07 Å².